The summed E-state index contributed by atoms with van der Waals surface area (Å²) in [6, 6.07) is 1.47. The molecule has 1 aliphatic rings. The molecule has 0 atom stereocenters. The Kier molecular flexibility index (Phi) is 2.55. The van der Waals surface area contributed by atoms with Crippen molar-refractivity contribution in [3.63, 3.8) is 0 Å². The second-order valence-corrected chi connectivity index (χ2v) is 3.69. The highest BCUT2D eigenvalue weighted by molar-refractivity contribution is 5.96. The van der Waals surface area contributed by atoms with E-state index in [1.807, 2.05) is 0 Å². The molecular formula is C10H12N2O3. The minimum atomic E-state index is -0.327. The van der Waals surface area contributed by atoms with E-state index in [1.165, 1.54) is 18.5 Å². The molecule has 3 N–H and O–H groups in total. The second-order valence-electron chi connectivity index (χ2n) is 3.69. The Morgan fingerprint density at radius 1 is 1.53 bits per heavy atom. The maximum atomic E-state index is 11.6. The number of carbonyl (C=O) groups is 1. The fourth-order valence-electron chi connectivity index (χ4n) is 1.55. The Balaban J connectivity index is 1.99. The number of pyridine rings is 1. The summed E-state index contributed by atoms with van der Waals surface area (Å²) in [6.07, 6.45) is 3.53. The van der Waals surface area contributed by atoms with Crippen molar-refractivity contribution >= 4 is 5.91 Å². The Labute approximate surface area is 86.8 Å². The van der Waals surface area contributed by atoms with Crippen LogP contribution in [-0.4, -0.2) is 33.3 Å². The highest BCUT2D eigenvalue weighted by Gasteiger charge is 2.29. The van der Waals surface area contributed by atoms with Gasteiger partial charge in [-0.3, -0.25) is 9.78 Å². The molecule has 2 rings (SSSR count). The first-order valence-electron chi connectivity index (χ1n) is 4.78. The van der Waals surface area contributed by atoms with Crippen molar-refractivity contribution < 1.29 is 15.0 Å². The van der Waals surface area contributed by atoms with Crippen molar-refractivity contribution in [2.45, 2.75) is 25.0 Å². The fourth-order valence-corrected chi connectivity index (χ4v) is 1.55. The van der Waals surface area contributed by atoms with Crippen LogP contribution in [0, 0.1) is 0 Å². The summed E-state index contributed by atoms with van der Waals surface area (Å²) in [5, 5.41) is 21.1. The van der Waals surface area contributed by atoms with E-state index in [9.17, 15) is 9.90 Å². The smallest absolute Gasteiger partial charge is 0.255 e. The highest BCUT2D eigenvalue weighted by atomic mass is 16.3. The lowest BCUT2D eigenvalue weighted by molar-refractivity contribution is 0.0562. The normalized spacial score (nSPS) is 24.3. The number of hydrogen-bond donors (Lipinski definition) is 3. The maximum absolute atomic E-state index is 11.6. The molecule has 1 aromatic heterocycles. The van der Waals surface area contributed by atoms with Gasteiger partial charge in [0.1, 0.15) is 5.75 Å². The molecule has 1 saturated carbocycles. The van der Waals surface area contributed by atoms with Crippen LogP contribution in [0.1, 0.15) is 23.2 Å². The Hall–Kier alpha value is -1.62. The molecular weight excluding hydrogens is 196 g/mol. The molecule has 5 nitrogen and oxygen atoms in total. The first-order chi connectivity index (χ1) is 7.16. The van der Waals surface area contributed by atoms with E-state index in [1.54, 1.807) is 0 Å². The lowest BCUT2D eigenvalue weighted by Gasteiger charge is -2.31. The van der Waals surface area contributed by atoms with Gasteiger partial charge in [0.25, 0.3) is 5.91 Å². The van der Waals surface area contributed by atoms with Crippen LogP contribution < -0.4 is 5.32 Å². The number of nitrogens with one attached hydrogen (secondary N) is 1. The summed E-state index contributed by atoms with van der Waals surface area (Å²) in [6.45, 7) is 0. The van der Waals surface area contributed by atoms with Crippen LogP contribution in [0.15, 0.2) is 18.5 Å². The fraction of sp³-hybridized carbons (Fsp3) is 0.400. The minimum absolute atomic E-state index is 0.0139. The minimum Gasteiger partial charge on any atom is -0.505 e. The summed E-state index contributed by atoms with van der Waals surface area (Å²) in [4.78, 5) is 15.3. The van der Waals surface area contributed by atoms with Crippen molar-refractivity contribution in [3.05, 3.63) is 24.0 Å². The van der Waals surface area contributed by atoms with Crippen molar-refractivity contribution in [3.8, 4) is 5.75 Å². The zero-order valence-corrected chi connectivity index (χ0v) is 8.05. The average molecular weight is 208 g/mol. The Morgan fingerprint density at radius 3 is 2.87 bits per heavy atom. The molecule has 15 heavy (non-hydrogen) atoms. The van der Waals surface area contributed by atoms with Crippen molar-refractivity contribution in [2.24, 2.45) is 0 Å². The molecule has 1 aliphatic carbocycles. The standard InChI is InChI=1S/C10H12N2O3/c13-7-3-6(4-7)12-10(15)8-1-2-11-5-9(8)14/h1-2,5-7,13-14H,3-4H2,(H,12,15). The van der Waals surface area contributed by atoms with E-state index in [2.05, 4.69) is 10.3 Å². The third-order valence-electron chi connectivity index (χ3n) is 2.49. The molecule has 0 spiro atoms. The molecule has 0 saturated heterocycles. The van der Waals surface area contributed by atoms with Crippen LogP contribution in [0.5, 0.6) is 5.75 Å². The van der Waals surface area contributed by atoms with E-state index >= 15 is 0 Å². The highest BCUT2D eigenvalue weighted by Crippen LogP contribution is 2.21. The third-order valence-corrected chi connectivity index (χ3v) is 2.49. The van der Waals surface area contributed by atoms with E-state index in [-0.39, 0.29) is 29.4 Å². The van der Waals surface area contributed by atoms with Crippen LogP contribution >= 0.6 is 0 Å². The molecule has 1 amide bonds. The molecule has 0 aliphatic heterocycles. The predicted molar refractivity (Wildman–Crippen MR) is 52.4 cm³/mol. The molecule has 0 aromatic carbocycles. The van der Waals surface area contributed by atoms with Gasteiger partial charge in [-0.2, -0.15) is 0 Å². The van der Waals surface area contributed by atoms with Gasteiger partial charge < -0.3 is 15.5 Å². The van der Waals surface area contributed by atoms with Gasteiger partial charge >= 0.3 is 0 Å². The quantitative estimate of drug-likeness (QED) is 0.641. The van der Waals surface area contributed by atoms with Gasteiger partial charge in [-0.15, -0.1) is 0 Å². The first-order valence-corrected chi connectivity index (χ1v) is 4.78. The lowest BCUT2D eigenvalue weighted by atomic mass is 9.89. The predicted octanol–water partition coefficient (Wildman–Crippen LogP) is 0.0403. The lowest BCUT2D eigenvalue weighted by Crippen LogP contribution is -2.46. The number of aromatic nitrogens is 1. The van der Waals surface area contributed by atoms with E-state index in [4.69, 9.17) is 5.11 Å². The van der Waals surface area contributed by atoms with Crippen LogP contribution in [0.2, 0.25) is 0 Å². The molecule has 1 heterocycles. The summed E-state index contributed by atoms with van der Waals surface area (Å²) in [5.74, 6) is -0.457. The molecule has 1 fully saturated rings. The summed E-state index contributed by atoms with van der Waals surface area (Å²) < 4.78 is 0. The van der Waals surface area contributed by atoms with Crippen LogP contribution in [0.3, 0.4) is 0 Å². The number of hydrogen-bond acceptors (Lipinski definition) is 4. The van der Waals surface area contributed by atoms with Gasteiger partial charge in [-0.05, 0) is 18.9 Å². The van der Waals surface area contributed by atoms with Gasteiger partial charge in [0.15, 0.2) is 0 Å². The SMILES string of the molecule is O=C(NC1CC(O)C1)c1ccncc1O. The number of nitrogens with zero attached hydrogens (tertiary/aromatic N) is 1. The number of amides is 1. The van der Waals surface area contributed by atoms with E-state index < -0.39 is 0 Å². The van der Waals surface area contributed by atoms with Crippen LogP contribution in [-0.2, 0) is 0 Å². The largest absolute Gasteiger partial charge is 0.505 e. The number of rotatable bonds is 2. The zero-order valence-electron chi connectivity index (χ0n) is 8.05. The number of aliphatic hydroxyl groups excluding tert-OH is 1. The molecule has 1 aromatic rings. The Morgan fingerprint density at radius 2 is 2.27 bits per heavy atom. The topological polar surface area (TPSA) is 82.5 Å². The summed E-state index contributed by atoms with van der Waals surface area (Å²) in [7, 11) is 0. The van der Waals surface area contributed by atoms with E-state index in [0.717, 1.165) is 0 Å². The molecule has 0 unspecified atom stereocenters. The van der Waals surface area contributed by atoms with Gasteiger partial charge in [0, 0.05) is 12.2 Å². The monoisotopic (exact) mass is 208 g/mol. The van der Waals surface area contributed by atoms with Gasteiger partial charge in [0.05, 0.1) is 17.9 Å². The van der Waals surface area contributed by atoms with E-state index in [0.29, 0.717) is 12.8 Å². The number of aliphatic hydroxyl groups is 1. The number of aromatic hydroxyl groups is 1. The molecule has 80 valence electrons. The zero-order chi connectivity index (χ0) is 10.8. The first kappa shape index (κ1) is 9.92. The second kappa shape index (κ2) is 3.86. The van der Waals surface area contributed by atoms with Gasteiger partial charge in [-0.1, -0.05) is 0 Å². The van der Waals surface area contributed by atoms with Crippen LogP contribution in [0.25, 0.3) is 0 Å². The molecule has 0 radical (unpaired) electrons. The van der Waals surface area contributed by atoms with Gasteiger partial charge in [-0.25, -0.2) is 0 Å². The molecule has 5 heteroatoms. The third kappa shape index (κ3) is 2.07. The van der Waals surface area contributed by atoms with Crippen molar-refractivity contribution in [1.82, 2.24) is 10.3 Å². The number of carbonyl (C=O) groups excluding carboxylic acids is 1. The summed E-state index contributed by atoms with van der Waals surface area (Å²) in [5.41, 5.74) is 0.214. The Bertz CT molecular complexity index is 375. The van der Waals surface area contributed by atoms with Crippen molar-refractivity contribution in [2.75, 3.05) is 0 Å². The van der Waals surface area contributed by atoms with Crippen molar-refractivity contribution in [1.29, 1.82) is 0 Å². The molecule has 0 bridgehead atoms. The van der Waals surface area contributed by atoms with Gasteiger partial charge in [0.2, 0.25) is 0 Å². The average Bonchev–Trinajstić information content (AvgIpc) is 2.16. The maximum Gasteiger partial charge on any atom is 0.255 e. The van der Waals surface area contributed by atoms with Crippen LogP contribution in [0.4, 0.5) is 0 Å². The summed E-state index contributed by atoms with van der Waals surface area (Å²) >= 11 is 0.